The Morgan fingerprint density at radius 3 is 2.45 bits per heavy atom. The van der Waals surface area contributed by atoms with Gasteiger partial charge in [0.25, 0.3) is 0 Å². The molecule has 2 aromatic rings. The van der Waals surface area contributed by atoms with E-state index in [1.54, 1.807) is 25.5 Å². The van der Waals surface area contributed by atoms with E-state index in [0.29, 0.717) is 23.9 Å². The molecule has 0 aliphatic heterocycles. The van der Waals surface area contributed by atoms with Gasteiger partial charge in [-0.15, -0.1) is 0 Å². The number of hydrogen-bond acceptors (Lipinski definition) is 6. The summed E-state index contributed by atoms with van der Waals surface area (Å²) in [5.41, 5.74) is 5.14. The molecule has 1 atom stereocenters. The zero-order valence-electron chi connectivity index (χ0n) is 16.7. The lowest BCUT2D eigenvalue weighted by Gasteiger charge is -2.13. The molecule has 0 unspecified atom stereocenters. The summed E-state index contributed by atoms with van der Waals surface area (Å²) in [5, 5.41) is 7.60. The zero-order valence-corrected chi connectivity index (χ0v) is 17.5. The molecular weight excluding hydrogens is 390 g/mol. The number of thiocarbonyl (C=S) groups is 1. The molecule has 8 heteroatoms. The van der Waals surface area contributed by atoms with Gasteiger partial charge in [0.2, 0.25) is 0 Å². The van der Waals surface area contributed by atoms with Crippen molar-refractivity contribution >= 4 is 29.5 Å². The Kier molecular flexibility index (Phi) is 9.07. The second-order valence-corrected chi connectivity index (χ2v) is 6.65. The van der Waals surface area contributed by atoms with Crippen molar-refractivity contribution < 1.29 is 19.0 Å². The van der Waals surface area contributed by atoms with E-state index in [4.69, 9.17) is 21.7 Å². The van der Waals surface area contributed by atoms with Gasteiger partial charge >= 0.3 is 5.97 Å². The van der Waals surface area contributed by atoms with Gasteiger partial charge in [-0.25, -0.2) is 4.79 Å². The monoisotopic (exact) mass is 415 g/mol. The van der Waals surface area contributed by atoms with Crippen LogP contribution in [0, 0.1) is 0 Å². The standard InChI is InChI=1S/C21H25N3O4S/c1-15(13-26-2)23-21(29)24-22-12-16-6-10-19(11-7-16)28-14-17-4-8-18(9-5-17)20(25)27-3/h4-12,15H,13-14H2,1-3H3,(H2,23,24,29)/b22-12-/t15-/m1/s1. The fraction of sp³-hybridized carbons (Fsp3) is 0.286. The van der Waals surface area contributed by atoms with Crippen molar-refractivity contribution in [2.45, 2.75) is 19.6 Å². The lowest BCUT2D eigenvalue weighted by molar-refractivity contribution is 0.0600. The van der Waals surface area contributed by atoms with E-state index in [1.807, 2.05) is 43.3 Å². The van der Waals surface area contributed by atoms with Crippen LogP contribution >= 0.6 is 12.2 Å². The van der Waals surface area contributed by atoms with Crippen molar-refractivity contribution in [3.63, 3.8) is 0 Å². The average Bonchev–Trinajstić information content (AvgIpc) is 2.73. The number of carbonyl (C=O) groups excluding carboxylic acids is 1. The molecule has 0 spiro atoms. The summed E-state index contributed by atoms with van der Waals surface area (Å²) in [7, 11) is 3.00. The van der Waals surface area contributed by atoms with E-state index in [-0.39, 0.29) is 12.0 Å². The second-order valence-electron chi connectivity index (χ2n) is 6.25. The number of benzene rings is 2. The van der Waals surface area contributed by atoms with Crippen LogP contribution in [0.3, 0.4) is 0 Å². The average molecular weight is 416 g/mol. The normalized spacial score (nSPS) is 11.7. The quantitative estimate of drug-likeness (QED) is 0.282. The van der Waals surface area contributed by atoms with Crippen molar-refractivity contribution in [2.24, 2.45) is 5.10 Å². The zero-order chi connectivity index (χ0) is 21.1. The molecule has 29 heavy (non-hydrogen) atoms. The van der Waals surface area contributed by atoms with Crippen molar-refractivity contribution in [1.29, 1.82) is 0 Å². The van der Waals surface area contributed by atoms with Gasteiger partial charge in [-0.1, -0.05) is 12.1 Å². The SMILES string of the molecule is COC[C@@H](C)NC(=S)N/N=C\c1ccc(OCc2ccc(C(=O)OC)cc2)cc1. The third kappa shape index (κ3) is 7.89. The first-order valence-corrected chi connectivity index (χ1v) is 9.41. The van der Waals surface area contributed by atoms with Gasteiger partial charge < -0.3 is 19.5 Å². The Balaban J connectivity index is 1.79. The van der Waals surface area contributed by atoms with Crippen LogP contribution in [0.25, 0.3) is 0 Å². The Bertz CT molecular complexity index is 823. The van der Waals surface area contributed by atoms with Crippen LogP contribution in [0.4, 0.5) is 0 Å². The van der Waals surface area contributed by atoms with Crippen LogP contribution in [-0.4, -0.2) is 44.2 Å². The third-order valence-electron chi connectivity index (χ3n) is 3.83. The Morgan fingerprint density at radius 2 is 1.83 bits per heavy atom. The number of esters is 1. The van der Waals surface area contributed by atoms with Crippen LogP contribution in [0.15, 0.2) is 53.6 Å². The molecule has 154 valence electrons. The molecule has 0 amide bonds. The minimum absolute atomic E-state index is 0.100. The van der Waals surface area contributed by atoms with Crippen LogP contribution < -0.4 is 15.5 Å². The fourth-order valence-corrected chi connectivity index (χ4v) is 2.64. The molecular formula is C21H25N3O4S. The van der Waals surface area contributed by atoms with Crippen LogP contribution in [0.2, 0.25) is 0 Å². The fourth-order valence-electron chi connectivity index (χ4n) is 2.38. The van der Waals surface area contributed by atoms with Crippen LogP contribution in [-0.2, 0) is 16.1 Å². The highest BCUT2D eigenvalue weighted by molar-refractivity contribution is 7.80. The number of methoxy groups -OCH3 is 2. The van der Waals surface area contributed by atoms with Crippen molar-refractivity contribution in [1.82, 2.24) is 10.7 Å². The number of rotatable bonds is 9. The summed E-state index contributed by atoms with van der Waals surface area (Å²) < 4.78 is 15.5. The smallest absolute Gasteiger partial charge is 0.337 e. The maximum absolute atomic E-state index is 11.4. The molecule has 7 nitrogen and oxygen atoms in total. The summed E-state index contributed by atoms with van der Waals surface area (Å²) in [6, 6.07) is 14.7. The van der Waals surface area contributed by atoms with E-state index in [1.165, 1.54) is 7.11 Å². The minimum Gasteiger partial charge on any atom is -0.489 e. The van der Waals surface area contributed by atoms with Gasteiger partial charge in [0.05, 0.1) is 25.5 Å². The maximum atomic E-state index is 11.4. The van der Waals surface area contributed by atoms with E-state index in [2.05, 4.69) is 20.6 Å². The number of hydrogen-bond donors (Lipinski definition) is 2. The Hall–Kier alpha value is -2.97. The molecule has 0 radical (unpaired) electrons. The van der Waals surface area contributed by atoms with Crippen molar-refractivity contribution in [3.05, 3.63) is 65.2 Å². The summed E-state index contributed by atoms with van der Waals surface area (Å²) in [6.45, 7) is 2.92. The number of hydrazone groups is 1. The van der Waals surface area contributed by atoms with Gasteiger partial charge in [-0.2, -0.15) is 5.10 Å². The van der Waals surface area contributed by atoms with Crippen LogP contribution in [0.5, 0.6) is 5.75 Å². The molecule has 0 aromatic heterocycles. The lowest BCUT2D eigenvalue weighted by atomic mass is 10.1. The highest BCUT2D eigenvalue weighted by atomic mass is 32.1. The summed E-state index contributed by atoms with van der Waals surface area (Å²) in [4.78, 5) is 11.4. The van der Waals surface area contributed by atoms with Gasteiger partial charge in [-0.3, -0.25) is 5.43 Å². The largest absolute Gasteiger partial charge is 0.489 e. The molecule has 2 N–H and O–H groups in total. The predicted octanol–water partition coefficient (Wildman–Crippen LogP) is 2.89. The molecule has 0 heterocycles. The second kappa shape index (κ2) is 11.8. The van der Waals surface area contributed by atoms with E-state index < -0.39 is 0 Å². The van der Waals surface area contributed by atoms with E-state index >= 15 is 0 Å². The predicted molar refractivity (Wildman–Crippen MR) is 116 cm³/mol. The Morgan fingerprint density at radius 1 is 1.14 bits per heavy atom. The number of nitrogens with zero attached hydrogens (tertiary/aromatic N) is 1. The highest BCUT2D eigenvalue weighted by Gasteiger charge is 2.05. The first kappa shape index (κ1) is 22.3. The number of carbonyl (C=O) groups is 1. The van der Waals surface area contributed by atoms with Crippen LogP contribution in [0.1, 0.15) is 28.4 Å². The van der Waals surface area contributed by atoms with Gasteiger partial charge in [0, 0.05) is 13.2 Å². The highest BCUT2D eigenvalue weighted by Crippen LogP contribution is 2.14. The topological polar surface area (TPSA) is 81.2 Å². The first-order chi connectivity index (χ1) is 14.0. The van der Waals surface area contributed by atoms with Crippen molar-refractivity contribution in [2.75, 3.05) is 20.8 Å². The molecule has 0 fully saturated rings. The van der Waals surface area contributed by atoms with Gasteiger partial charge in [0.15, 0.2) is 5.11 Å². The third-order valence-corrected chi connectivity index (χ3v) is 4.04. The van der Waals surface area contributed by atoms with Gasteiger partial charge in [0.1, 0.15) is 12.4 Å². The molecule has 0 bridgehead atoms. The number of ether oxygens (including phenoxy) is 3. The minimum atomic E-state index is -0.356. The molecule has 0 aliphatic carbocycles. The molecule has 2 rings (SSSR count). The molecule has 0 saturated heterocycles. The summed E-state index contributed by atoms with van der Waals surface area (Å²) >= 11 is 5.15. The van der Waals surface area contributed by atoms with Crippen molar-refractivity contribution in [3.8, 4) is 5.75 Å². The molecule has 0 saturated carbocycles. The lowest BCUT2D eigenvalue weighted by Crippen LogP contribution is -2.40. The summed E-state index contributed by atoms with van der Waals surface area (Å²) in [6.07, 6.45) is 1.67. The molecule has 2 aromatic carbocycles. The number of nitrogens with one attached hydrogen (secondary N) is 2. The Labute approximate surface area is 176 Å². The van der Waals surface area contributed by atoms with E-state index in [9.17, 15) is 4.79 Å². The summed E-state index contributed by atoms with van der Waals surface area (Å²) in [5.74, 6) is 0.378. The molecule has 0 aliphatic rings. The van der Waals surface area contributed by atoms with E-state index in [0.717, 1.165) is 16.9 Å². The maximum Gasteiger partial charge on any atom is 0.337 e. The first-order valence-electron chi connectivity index (χ1n) is 9.00. The van der Waals surface area contributed by atoms with Gasteiger partial charge in [-0.05, 0) is 66.7 Å².